The Morgan fingerprint density at radius 3 is 2.90 bits per heavy atom. The number of nitrogens with zero attached hydrogens (tertiary/aromatic N) is 3. The van der Waals surface area contributed by atoms with Crippen molar-refractivity contribution in [1.29, 1.82) is 0 Å². The second-order valence-electron chi connectivity index (χ2n) is 4.82. The highest BCUT2D eigenvalue weighted by molar-refractivity contribution is 7.13. The summed E-state index contributed by atoms with van der Waals surface area (Å²) >= 11 is 1.69. The summed E-state index contributed by atoms with van der Waals surface area (Å²) in [5.74, 6) is 0. The van der Waals surface area contributed by atoms with Gasteiger partial charge in [0.05, 0.1) is 12.3 Å². The van der Waals surface area contributed by atoms with Crippen LogP contribution in [0.25, 0.3) is 0 Å². The van der Waals surface area contributed by atoms with Gasteiger partial charge in [-0.1, -0.05) is 0 Å². The molecule has 0 unspecified atom stereocenters. The first-order valence-corrected chi connectivity index (χ1v) is 7.91. The van der Waals surface area contributed by atoms with Crippen LogP contribution in [0.15, 0.2) is 29.9 Å². The van der Waals surface area contributed by atoms with Crippen LogP contribution in [-0.2, 0) is 17.7 Å². The molecule has 0 aliphatic rings. The van der Waals surface area contributed by atoms with Crippen LogP contribution in [0.4, 0.5) is 5.13 Å². The lowest BCUT2D eigenvalue weighted by molar-refractivity contribution is 0.199. The van der Waals surface area contributed by atoms with E-state index < -0.39 is 0 Å². The summed E-state index contributed by atoms with van der Waals surface area (Å²) in [6.45, 7) is 3.32. The minimum Gasteiger partial charge on any atom is -0.383 e. The van der Waals surface area contributed by atoms with Crippen LogP contribution in [0.3, 0.4) is 0 Å². The second-order valence-corrected chi connectivity index (χ2v) is 5.65. The smallest absolute Gasteiger partial charge is 0.185 e. The van der Waals surface area contributed by atoms with Gasteiger partial charge in [-0.05, 0) is 24.1 Å². The Kier molecular flexibility index (Phi) is 6.59. The van der Waals surface area contributed by atoms with Gasteiger partial charge in [-0.25, -0.2) is 4.98 Å². The van der Waals surface area contributed by atoms with E-state index in [1.807, 2.05) is 12.4 Å². The van der Waals surface area contributed by atoms with Crippen molar-refractivity contribution in [3.8, 4) is 0 Å². The lowest BCUT2D eigenvalue weighted by Gasteiger charge is -2.15. The molecule has 0 fully saturated rings. The molecule has 0 aliphatic carbocycles. The number of pyridine rings is 1. The molecule has 0 radical (unpaired) electrons. The molecule has 5 nitrogen and oxygen atoms in total. The monoisotopic (exact) mass is 306 g/mol. The zero-order chi connectivity index (χ0) is 14.9. The third-order valence-electron chi connectivity index (χ3n) is 3.14. The molecule has 2 rings (SSSR count). The molecule has 21 heavy (non-hydrogen) atoms. The van der Waals surface area contributed by atoms with Crippen molar-refractivity contribution in [2.45, 2.75) is 13.0 Å². The van der Waals surface area contributed by atoms with Gasteiger partial charge in [0.15, 0.2) is 5.13 Å². The highest BCUT2D eigenvalue weighted by Gasteiger charge is 2.07. The number of thiazole rings is 1. The van der Waals surface area contributed by atoms with E-state index in [1.54, 1.807) is 18.4 Å². The first-order chi connectivity index (χ1) is 10.3. The molecule has 0 saturated heterocycles. The van der Waals surface area contributed by atoms with Crippen molar-refractivity contribution in [3.05, 3.63) is 41.2 Å². The summed E-state index contributed by atoms with van der Waals surface area (Å²) < 4.78 is 5.00. The van der Waals surface area contributed by atoms with Gasteiger partial charge in [0, 0.05) is 51.6 Å². The molecular weight excluding hydrogens is 284 g/mol. The summed E-state index contributed by atoms with van der Waals surface area (Å²) in [5, 5.41) is 6.48. The standard InChI is InChI=1S/C15H22N4OS/c1-19(9-5-13-3-6-16-7-4-13)15-18-14(12-21-15)11-17-8-10-20-2/h3-4,6-7,12,17H,5,8-11H2,1-2H3. The number of hydrogen-bond donors (Lipinski definition) is 1. The van der Waals surface area contributed by atoms with Crippen molar-refractivity contribution >= 4 is 16.5 Å². The maximum absolute atomic E-state index is 5.00. The van der Waals surface area contributed by atoms with Crippen molar-refractivity contribution in [2.75, 3.05) is 38.8 Å². The number of rotatable bonds is 9. The minimum atomic E-state index is 0.725. The molecule has 0 aliphatic heterocycles. The number of ether oxygens (including phenoxy) is 1. The number of nitrogens with one attached hydrogen (secondary N) is 1. The summed E-state index contributed by atoms with van der Waals surface area (Å²) in [6.07, 6.45) is 4.67. The van der Waals surface area contributed by atoms with Crippen molar-refractivity contribution in [2.24, 2.45) is 0 Å². The van der Waals surface area contributed by atoms with Gasteiger partial charge >= 0.3 is 0 Å². The third kappa shape index (κ3) is 5.41. The SMILES string of the molecule is COCCNCc1csc(N(C)CCc2ccncc2)n1. The van der Waals surface area contributed by atoms with Crippen LogP contribution in [-0.4, -0.2) is 43.8 Å². The van der Waals surface area contributed by atoms with Crippen molar-refractivity contribution in [3.63, 3.8) is 0 Å². The fourth-order valence-corrected chi connectivity index (χ4v) is 2.70. The Hall–Kier alpha value is -1.50. The van der Waals surface area contributed by atoms with Crippen molar-refractivity contribution in [1.82, 2.24) is 15.3 Å². The number of methoxy groups -OCH3 is 1. The van der Waals surface area contributed by atoms with E-state index in [1.165, 1.54) is 5.56 Å². The van der Waals surface area contributed by atoms with Gasteiger partial charge in [-0.2, -0.15) is 0 Å². The van der Waals surface area contributed by atoms with Crippen LogP contribution >= 0.6 is 11.3 Å². The van der Waals surface area contributed by atoms with E-state index >= 15 is 0 Å². The fraction of sp³-hybridized carbons (Fsp3) is 0.467. The first-order valence-electron chi connectivity index (χ1n) is 7.03. The fourth-order valence-electron chi connectivity index (χ4n) is 1.89. The van der Waals surface area contributed by atoms with Gasteiger partial charge in [0.25, 0.3) is 0 Å². The van der Waals surface area contributed by atoms with Gasteiger partial charge in [0.1, 0.15) is 0 Å². The molecule has 0 aromatic carbocycles. The molecule has 2 heterocycles. The van der Waals surface area contributed by atoms with Gasteiger partial charge in [0.2, 0.25) is 0 Å². The number of likely N-dealkylation sites (N-methyl/N-ethyl adjacent to an activating group) is 1. The Bertz CT molecular complexity index is 517. The maximum atomic E-state index is 5.00. The molecule has 114 valence electrons. The quantitative estimate of drug-likeness (QED) is 0.718. The zero-order valence-electron chi connectivity index (χ0n) is 12.6. The Labute approximate surface area is 130 Å². The molecule has 2 aromatic rings. The minimum absolute atomic E-state index is 0.725. The van der Waals surface area contributed by atoms with Crippen LogP contribution in [0, 0.1) is 0 Å². The zero-order valence-corrected chi connectivity index (χ0v) is 13.4. The molecule has 0 atom stereocenters. The molecule has 0 spiro atoms. The maximum Gasteiger partial charge on any atom is 0.185 e. The predicted molar refractivity (Wildman–Crippen MR) is 86.9 cm³/mol. The summed E-state index contributed by atoms with van der Waals surface area (Å²) in [5.41, 5.74) is 2.39. The van der Waals surface area contributed by atoms with E-state index in [-0.39, 0.29) is 0 Å². The normalized spacial score (nSPS) is 10.8. The first kappa shape index (κ1) is 15.9. The Balaban J connectivity index is 1.77. The van der Waals surface area contributed by atoms with Crippen LogP contribution < -0.4 is 10.2 Å². The number of anilines is 1. The molecular formula is C15H22N4OS. The molecule has 6 heteroatoms. The van der Waals surface area contributed by atoms with E-state index in [2.05, 4.69) is 44.7 Å². The largest absolute Gasteiger partial charge is 0.383 e. The third-order valence-corrected chi connectivity index (χ3v) is 4.14. The molecule has 0 saturated carbocycles. The van der Waals surface area contributed by atoms with E-state index in [4.69, 9.17) is 4.74 Å². The lowest BCUT2D eigenvalue weighted by atomic mass is 10.2. The summed E-state index contributed by atoms with van der Waals surface area (Å²) in [4.78, 5) is 10.9. The van der Waals surface area contributed by atoms with Gasteiger partial charge in [-0.15, -0.1) is 11.3 Å². The van der Waals surface area contributed by atoms with Gasteiger partial charge < -0.3 is 15.0 Å². The average Bonchev–Trinajstić information content (AvgIpc) is 2.99. The lowest BCUT2D eigenvalue weighted by Crippen LogP contribution is -2.21. The van der Waals surface area contributed by atoms with Crippen molar-refractivity contribution < 1.29 is 4.74 Å². The number of aromatic nitrogens is 2. The van der Waals surface area contributed by atoms with E-state index in [0.29, 0.717) is 0 Å². The Morgan fingerprint density at radius 1 is 1.33 bits per heavy atom. The highest BCUT2D eigenvalue weighted by Crippen LogP contribution is 2.19. The molecule has 0 bridgehead atoms. The van der Waals surface area contributed by atoms with Crippen LogP contribution in [0.2, 0.25) is 0 Å². The summed E-state index contributed by atoms with van der Waals surface area (Å²) in [7, 11) is 3.79. The van der Waals surface area contributed by atoms with Crippen LogP contribution in [0.5, 0.6) is 0 Å². The van der Waals surface area contributed by atoms with Gasteiger partial charge in [-0.3, -0.25) is 4.98 Å². The topological polar surface area (TPSA) is 50.3 Å². The molecule has 2 aromatic heterocycles. The van der Waals surface area contributed by atoms with E-state index in [9.17, 15) is 0 Å². The Morgan fingerprint density at radius 2 is 2.14 bits per heavy atom. The predicted octanol–water partition coefficient (Wildman–Crippen LogP) is 1.95. The second kappa shape index (κ2) is 8.71. The average molecular weight is 306 g/mol. The highest BCUT2D eigenvalue weighted by atomic mass is 32.1. The number of hydrogen-bond acceptors (Lipinski definition) is 6. The van der Waals surface area contributed by atoms with E-state index in [0.717, 1.165) is 43.5 Å². The molecule has 1 N–H and O–H groups in total. The van der Waals surface area contributed by atoms with Crippen LogP contribution in [0.1, 0.15) is 11.3 Å². The summed E-state index contributed by atoms with van der Waals surface area (Å²) in [6, 6.07) is 4.11. The molecule has 0 amide bonds.